The molecule has 21 heavy (non-hydrogen) atoms. The highest BCUT2D eigenvalue weighted by atomic mass is 16.2. The minimum Gasteiger partial charge on any atom is -0.347 e. The van der Waals surface area contributed by atoms with E-state index in [1.165, 1.54) is 16.7 Å². The van der Waals surface area contributed by atoms with Crippen LogP contribution in [0.3, 0.4) is 0 Å². The van der Waals surface area contributed by atoms with Gasteiger partial charge in [-0.2, -0.15) is 0 Å². The summed E-state index contributed by atoms with van der Waals surface area (Å²) in [5.74, 6) is 0.130. The Morgan fingerprint density at radius 3 is 2.62 bits per heavy atom. The molecule has 0 bridgehead atoms. The molecule has 3 rings (SSSR count). The topological polar surface area (TPSA) is 45.7 Å². The van der Waals surface area contributed by atoms with Gasteiger partial charge in [-0.3, -0.25) is 4.79 Å². The van der Waals surface area contributed by atoms with E-state index in [4.69, 9.17) is 0 Å². The van der Waals surface area contributed by atoms with Crippen molar-refractivity contribution in [3.05, 3.63) is 70.8 Å². The molecule has 0 aromatic heterocycles. The average Bonchev–Trinajstić information content (AvgIpc) is 2.53. The van der Waals surface area contributed by atoms with Crippen molar-refractivity contribution in [1.29, 1.82) is 0 Å². The largest absolute Gasteiger partial charge is 0.347 e. The third kappa shape index (κ3) is 3.31. The molecule has 0 radical (unpaired) electrons. The normalized spacial score (nSPS) is 17.1. The summed E-state index contributed by atoms with van der Waals surface area (Å²) in [4.78, 5) is 12.3. The summed E-state index contributed by atoms with van der Waals surface area (Å²) < 4.78 is 0. The van der Waals surface area contributed by atoms with Crippen LogP contribution in [0.1, 0.15) is 22.3 Å². The second-order valence-electron chi connectivity index (χ2n) is 5.72. The molecule has 2 aromatic carbocycles. The van der Waals surface area contributed by atoms with Gasteiger partial charge in [0.05, 0.1) is 0 Å². The molecular formula is C18H21N2O+. The number of carbonyl (C=O) groups is 1. The number of amides is 1. The number of hydrogen-bond acceptors (Lipinski definition) is 1. The predicted molar refractivity (Wildman–Crippen MR) is 82.6 cm³/mol. The van der Waals surface area contributed by atoms with Crippen molar-refractivity contribution in [3.8, 4) is 0 Å². The van der Waals surface area contributed by atoms with Crippen molar-refractivity contribution in [3.63, 3.8) is 0 Å². The number of benzene rings is 2. The van der Waals surface area contributed by atoms with Crippen LogP contribution in [0.4, 0.5) is 0 Å². The molecule has 0 spiro atoms. The van der Waals surface area contributed by atoms with Gasteiger partial charge in [0.2, 0.25) is 0 Å². The second kappa shape index (κ2) is 6.10. The van der Waals surface area contributed by atoms with Gasteiger partial charge < -0.3 is 10.6 Å². The van der Waals surface area contributed by atoms with Gasteiger partial charge in [0.25, 0.3) is 5.91 Å². The number of aryl methyl sites for hydroxylation is 1. The van der Waals surface area contributed by atoms with Gasteiger partial charge in [-0.15, -0.1) is 0 Å². The summed E-state index contributed by atoms with van der Waals surface area (Å²) in [5, 5.41) is 5.18. The molecule has 1 amide bonds. The minimum absolute atomic E-state index is 0.00894. The maximum atomic E-state index is 12.3. The van der Waals surface area contributed by atoms with Crippen LogP contribution < -0.4 is 10.6 Å². The summed E-state index contributed by atoms with van der Waals surface area (Å²) in [6.45, 7) is 3.56. The zero-order chi connectivity index (χ0) is 14.7. The summed E-state index contributed by atoms with van der Waals surface area (Å²) in [7, 11) is 0. The molecule has 0 saturated heterocycles. The van der Waals surface area contributed by atoms with E-state index in [0.29, 0.717) is 6.54 Å². The van der Waals surface area contributed by atoms with Crippen LogP contribution in [0.2, 0.25) is 0 Å². The van der Waals surface area contributed by atoms with Crippen molar-refractivity contribution in [1.82, 2.24) is 5.32 Å². The fourth-order valence-electron chi connectivity index (χ4n) is 2.77. The molecule has 2 aromatic rings. The zero-order valence-electron chi connectivity index (χ0n) is 12.3. The summed E-state index contributed by atoms with van der Waals surface area (Å²) >= 11 is 0. The van der Waals surface area contributed by atoms with E-state index >= 15 is 0 Å². The number of carbonyl (C=O) groups excluding carboxylic acids is 1. The number of quaternary nitrogens is 1. The van der Waals surface area contributed by atoms with Crippen molar-refractivity contribution >= 4 is 5.91 Å². The number of nitrogens with two attached hydrogens (primary N) is 1. The number of hydrogen-bond donors (Lipinski definition) is 2. The molecule has 0 unspecified atom stereocenters. The Labute approximate surface area is 125 Å². The van der Waals surface area contributed by atoms with Crippen LogP contribution in [0, 0.1) is 6.92 Å². The average molecular weight is 281 g/mol. The first kappa shape index (κ1) is 13.8. The maximum absolute atomic E-state index is 12.3. The summed E-state index contributed by atoms with van der Waals surface area (Å²) in [6.07, 6.45) is 0.815. The molecule has 3 heteroatoms. The van der Waals surface area contributed by atoms with E-state index < -0.39 is 0 Å². The van der Waals surface area contributed by atoms with Crippen LogP contribution in [0.5, 0.6) is 0 Å². The van der Waals surface area contributed by atoms with Crippen LogP contribution in [-0.4, -0.2) is 11.9 Å². The van der Waals surface area contributed by atoms with Crippen molar-refractivity contribution in [2.75, 3.05) is 0 Å². The SMILES string of the molecule is Cc1ccc(CNC(=O)[C@@H]2Cc3ccccc3C[NH2+]2)cc1. The van der Waals surface area contributed by atoms with E-state index in [0.717, 1.165) is 18.5 Å². The van der Waals surface area contributed by atoms with E-state index in [1.807, 2.05) is 6.07 Å². The molecule has 0 fully saturated rings. The van der Waals surface area contributed by atoms with Gasteiger partial charge in [0.1, 0.15) is 6.54 Å². The fourth-order valence-corrected chi connectivity index (χ4v) is 2.77. The van der Waals surface area contributed by atoms with Crippen molar-refractivity contribution < 1.29 is 10.1 Å². The van der Waals surface area contributed by atoms with Crippen LogP contribution in [0.15, 0.2) is 48.5 Å². The van der Waals surface area contributed by atoms with Crippen LogP contribution in [-0.2, 0) is 24.3 Å². The molecule has 1 heterocycles. The zero-order valence-corrected chi connectivity index (χ0v) is 12.3. The lowest BCUT2D eigenvalue weighted by Gasteiger charge is -2.22. The molecule has 0 saturated carbocycles. The van der Waals surface area contributed by atoms with Gasteiger partial charge in [0, 0.05) is 18.5 Å². The first-order valence-electron chi connectivity index (χ1n) is 7.46. The first-order valence-corrected chi connectivity index (χ1v) is 7.46. The standard InChI is InChI=1S/C18H20N2O/c1-13-6-8-14(9-7-13)11-20-18(21)17-10-15-4-2-3-5-16(15)12-19-17/h2-9,17,19H,10-12H2,1H3,(H,20,21)/p+1/t17-/m0/s1. The smallest absolute Gasteiger partial charge is 0.278 e. The molecule has 108 valence electrons. The minimum atomic E-state index is -0.00894. The predicted octanol–water partition coefficient (Wildman–Crippen LogP) is 1.30. The van der Waals surface area contributed by atoms with Crippen molar-refractivity contribution in [2.24, 2.45) is 0 Å². The molecule has 3 nitrogen and oxygen atoms in total. The highest BCUT2D eigenvalue weighted by molar-refractivity contribution is 5.80. The fraction of sp³-hybridized carbons (Fsp3) is 0.278. The van der Waals surface area contributed by atoms with E-state index in [9.17, 15) is 4.79 Å². The molecular weight excluding hydrogens is 260 g/mol. The highest BCUT2D eigenvalue weighted by Crippen LogP contribution is 2.12. The molecule has 1 aliphatic rings. The van der Waals surface area contributed by atoms with E-state index in [1.54, 1.807) is 0 Å². The quantitative estimate of drug-likeness (QED) is 0.875. The van der Waals surface area contributed by atoms with Gasteiger partial charge >= 0.3 is 0 Å². The third-order valence-electron chi connectivity index (χ3n) is 4.10. The lowest BCUT2D eigenvalue weighted by atomic mass is 9.95. The first-order chi connectivity index (χ1) is 10.2. The van der Waals surface area contributed by atoms with Gasteiger partial charge in [-0.1, -0.05) is 54.1 Å². The molecule has 0 aliphatic carbocycles. The lowest BCUT2D eigenvalue weighted by molar-refractivity contribution is -0.695. The Bertz CT molecular complexity index is 634. The Morgan fingerprint density at radius 1 is 1.14 bits per heavy atom. The number of fused-ring (bicyclic) bond motifs is 1. The Morgan fingerprint density at radius 2 is 1.86 bits per heavy atom. The summed E-state index contributed by atoms with van der Waals surface area (Å²) in [5.41, 5.74) is 5.03. The second-order valence-corrected chi connectivity index (χ2v) is 5.72. The molecule has 1 atom stereocenters. The number of rotatable bonds is 3. The van der Waals surface area contributed by atoms with E-state index in [-0.39, 0.29) is 11.9 Å². The number of nitrogens with one attached hydrogen (secondary N) is 1. The Balaban J connectivity index is 1.58. The monoisotopic (exact) mass is 281 g/mol. The maximum Gasteiger partial charge on any atom is 0.278 e. The van der Waals surface area contributed by atoms with Crippen LogP contribution >= 0.6 is 0 Å². The summed E-state index contributed by atoms with van der Waals surface area (Å²) in [6, 6.07) is 16.6. The third-order valence-corrected chi connectivity index (χ3v) is 4.10. The molecule has 3 N–H and O–H groups in total. The Kier molecular flexibility index (Phi) is 4.02. The van der Waals surface area contributed by atoms with E-state index in [2.05, 4.69) is 60.0 Å². The lowest BCUT2D eigenvalue weighted by Crippen LogP contribution is -2.93. The molecule has 1 aliphatic heterocycles. The van der Waals surface area contributed by atoms with Gasteiger partial charge in [-0.05, 0) is 18.1 Å². The van der Waals surface area contributed by atoms with Crippen molar-refractivity contribution in [2.45, 2.75) is 32.5 Å². The Hall–Kier alpha value is -2.13. The van der Waals surface area contributed by atoms with Crippen LogP contribution in [0.25, 0.3) is 0 Å². The van der Waals surface area contributed by atoms with Gasteiger partial charge in [-0.25, -0.2) is 0 Å². The van der Waals surface area contributed by atoms with Gasteiger partial charge in [0.15, 0.2) is 6.04 Å². The highest BCUT2D eigenvalue weighted by Gasteiger charge is 2.27.